The molecule has 0 amide bonds. The summed E-state index contributed by atoms with van der Waals surface area (Å²) in [5, 5.41) is 8.93. The number of unbranched alkanes of at least 4 members (excludes halogenated alkanes) is 7. The zero-order chi connectivity index (χ0) is 49.0. The van der Waals surface area contributed by atoms with Gasteiger partial charge in [-0.15, -0.1) is 0 Å². The zero-order valence-corrected chi connectivity index (χ0v) is 42.1. The summed E-state index contributed by atoms with van der Waals surface area (Å²) in [4.78, 5) is 33.7. The van der Waals surface area contributed by atoms with Crippen LogP contribution in [0.3, 0.4) is 0 Å². The van der Waals surface area contributed by atoms with Crippen molar-refractivity contribution < 1.29 is 42.7 Å². The molecular formula is C56H88NO9P. The van der Waals surface area contributed by atoms with E-state index in [4.69, 9.17) is 29.4 Å². The maximum atomic E-state index is 12.7. The number of hydrogen-bond acceptors (Lipinski definition) is 8. The number of aliphatic carboxylic acids is 1. The molecule has 4 N–H and O–H groups in total. The number of carbonyl (C=O) groups excluding carboxylic acids is 1. The third-order valence-corrected chi connectivity index (χ3v) is 10.6. The summed E-state index contributed by atoms with van der Waals surface area (Å²) in [5.74, 6) is -1.85. The van der Waals surface area contributed by atoms with Crippen LogP contribution < -0.4 is 5.73 Å². The molecule has 0 spiro atoms. The first-order valence-electron chi connectivity index (χ1n) is 24.9. The van der Waals surface area contributed by atoms with E-state index in [0.717, 1.165) is 128 Å². The number of esters is 1. The van der Waals surface area contributed by atoms with E-state index in [9.17, 15) is 19.0 Å². The van der Waals surface area contributed by atoms with Crippen molar-refractivity contribution in [2.75, 3.05) is 26.4 Å². The van der Waals surface area contributed by atoms with Gasteiger partial charge in [-0.05, 0) is 116 Å². The van der Waals surface area contributed by atoms with Gasteiger partial charge in [0.1, 0.15) is 12.1 Å². The molecule has 0 heterocycles. The van der Waals surface area contributed by atoms with E-state index in [-0.39, 0.29) is 13.0 Å². The highest BCUT2D eigenvalue weighted by Crippen LogP contribution is 2.43. The maximum Gasteiger partial charge on any atom is 0.472 e. The minimum absolute atomic E-state index is 0.0262. The van der Waals surface area contributed by atoms with Gasteiger partial charge in [-0.2, -0.15) is 0 Å². The van der Waals surface area contributed by atoms with Crippen molar-refractivity contribution in [1.29, 1.82) is 0 Å². The number of hydrogen-bond donors (Lipinski definition) is 3. The normalized spacial score (nSPS) is 14.9. The molecule has 0 saturated carbocycles. The Bertz CT molecular complexity index is 1610. The molecule has 11 heteroatoms. The molecule has 0 aromatic carbocycles. The van der Waals surface area contributed by atoms with Crippen molar-refractivity contribution >= 4 is 19.8 Å². The summed E-state index contributed by atoms with van der Waals surface area (Å²) in [7, 11) is -4.65. The fourth-order valence-electron chi connectivity index (χ4n) is 5.84. The Balaban J connectivity index is 4.35. The molecule has 0 bridgehead atoms. The Morgan fingerprint density at radius 1 is 0.478 bits per heavy atom. The average molecular weight is 950 g/mol. The van der Waals surface area contributed by atoms with E-state index < -0.39 is 45.1 Å². The van der Waals surface area contributed by atoms with Crippen LogP contribution in [0.1, 0.15) is 155 Å². The van der Waals surface area contributed by atoms with Gasteiger partial charge in [0, 0.05) is 13.0 Å². The Hall–Kier alpha value is -4.15. The summed E-state index contributed by atoms with van der Waals surface area (Å²) < 4.78 is 33.4. The van der Waals surface area contributed by atoms with E-state index >= 15 is 0 Å². The van der Waals surface area contributed by atoms with Crippen LogP contribution in [0.5, 0.6) is 0 Å². The lowest BCUT2D eigenvalue weighted by molar-refractivity contribution is -0.154. The Morgan fingerprint density at radius 3 is 1.22 bits per heavy atom. The molecule has 0 aromatic heterocycles. The van der Waals surface area contributed by atoms with Gasteiger partial charge in [-0.3, -0.25) is 18.6 Å². The van der Waals surface area contributed by atoms with Gasteiger partial charge >= 0.3 is 19.8 Å². The van der Waals surface area contributed by atoms with Gasteiger partial charge in [0.05, 0.1) is 19.8 Å². The van der Waals surface area contributed by atoms with Crippen molar-refractivity contribution in [2.45, 2.75) is 167 Å². The number of carboxylic acid groups (broad SMARTS) is 1. The number of phosphoric acid groups is 1. The molecule has 0 aromatic rings. The summed E-state index contributed by atoms with van der Waals surface area (Å²) in [6.45, 7) is 3.52. The molecule has 0 fully saturated rings. The lowest BCUT2D eigenvalue weighted by Crippen LogP contribution is -2.34. The summed E-state index contributed by atoms with van der Waals surface area (Å²) in [6, 6.07) is -1.49. The average Bonchev–Trinajstić information content (AvgIpc) is 3.31. The zero-order valence-electron chi connectivity index (χ0n) is 41.2. The largest absolute Gasteiger partial charge is 0.480 e. The van der Waals surface area contributed by atoms with Crippen molar-refractivity contribution in [3.8, 4) is 0 Å². The van der Waals surface area contributed by atoms with Crippen LogP contribution in [0.4, 0.5) is 0 Å². The highest BCUT2D eigenvalue weighted by molar-refractivity contribution is 7.47. The molecule has 0 aliphatic heterocycles. The van der Waals surface area contributed by atoms with E-state index in [0.29, 0.717) is 13.0 Å². The summed E-state index contributed by atoms with van der Waals surface area (Å²) in [6.07, 6.45) is 71.9. The number of allylic oxidation sites excluding steroid dienone is 24. The molecule has 0 aliphatic rings. The van der Waals surface area contributed by atoms with E-state index in [1.165, 1.54) is 0 Å². The first-order valence-corrected chi connectivity index (χ1v) is 26.4. The molecular weight excluding hydrogens is 862 g/mol. The third-order valence-electron chi connectivity index (χ3n) is 9.61. The Kier molecular flexibility index (Phi) is 46.7. The van der Waals surface area contributed by atoms with E-state index in [1.54, 1.807) is 0 Å². The number of nitrogens with two attached hydrogens (primary N) is 1. The van der Waals surface area contributed by atoms with E-state index in [1.807, 2.05) is 0 Å². The third kappa shape index (κ3) is 49.6. The van der Waals surface area contributed by atoms with E-state index in [2.05, 4.69) is 160 Å². The molecule has 3 unspecified atom stereocenters. The Morgan fingerprint density at radius 2 is 0.821 bits per heavy atom. The number of rotatable bonds is 45. The van der Waals surface area contributed by atoms with Gasteiger partial charge in [0.2, 0.25) is 0 Å². The van der Waals surface area contributed by atoms with Crippen LogP contribution in [0, 0.1) is 0 Å². The molecule has 3 atom stereocenters. The van der Waals surface area contributed by atoms with Crippen LogP contribution in [-0.4, -0.2) is 60.5 Å². The lowest BCUT2D eigenvalue weighted by atomic mass is 10.1. The van der Waals surface area contributed by atoms with Crippen molar-refractivity contribution in [1.82, 2.24) is 0 Å². The van der Waals surface area contributed by atoms with Gasteiger partial charge in [-0.1, -0.05) is 179 Å². The van der Waals surface area contributed by atoms with Crippen LogP contribution in [-0.2, 0) is 32.7 Å². The van der Waals surface area contributed by atoms with Crippen molar-refractivity contribution in [3.63, 3.8) is 0 Å². The van der Waals surface area contributed by atoms with Gasteiger partial charge < -0.3 is 25.2 Å². The molecule has 0 radical (unpaired) electrons. The number of phosphoric ester groups is 1. The molecule has 10 nitrogen and oxygen atoms in total. The Labute approximate surface area is 406 Å². The maximum absolute atomic E-state index is 12.7. The van der Waals surface area contributed by atoms with Gasteiger partial charge in [0.25, 0.3) is 0 Å². The standard InChI is InChI=1S/C56H88NO9P/c1-3-5-7-9-11-13-15-17-19-21-23-25-26-27-29-31-33-35-37-39-41-43-45-47-49-63-50-53(51-64-67(61,62)65-52-54(57)56(59)60)66-55(58)48-46-44-42-40-38-36-34-32-30-28-24-22-20-18-16-14-12-10-8-6-4-2/h5-8,11-14,17-20,23-25,27-29,32-35,38,40,53-54H,3-4,9-10,15-16,21-22,26,30-31,36-37,39,41-52,57H2,1-2H3,(H,59,60)(H,61,62)/b7-5-,8-6-,13-11-,14-12-,19-17-,20-18-,25-23-,28-24-,29-27-,34-32-,35-33-,40-38-. The van der Waals surface area contributed by atoms with Crippen LogP contribution in [0.25, 0.3) is 0 Å². The second-order valence-corrected chi connectivity index (χ2v) is 17.3. The quantitative estimate of drug-likeness (QED) is 0.0233. The van der Waals surface area contributed by atoms with Crippen LogP contribution in [0.15, 0.2) is 146 Å². The van der Waals surface area contributed by atoms with Crippen molar-refractivity contribution in [3.05, 3.63) is 146 Å². The first kappa shape index (κ1) is 62.8. The second-order valence-electron chi connectivity index (χ2n) is 15.8. The number of ether oxygens (including phenoxy) is 2. The fraction of sp³-hybridized carbons (Fsp3) is 0.536. The predicted molar refractivity (Wildman–Crippen MR) is 281 cm³/mol. The van der Waals surface area contributed by atoms with Gasteiger partial charge in [-0.25, -0.2) is 4.57 Å². The SMILES string of the molecule is CC/C=C\C/C=C\C/C=C\C/C=C\C/C=C\C/C=C\CCCCCCCOCC(COP(=O)(O)OCC(N)C(=O)O)OC(=O)CCCC/C=C\C/C=C\C/C=C\C/C=C\C/C=C\C/C=C\CC. The lowest BCUT2D eigenvalue weighted by Gasteiger charge is -2.20. The fourth-order valence-corrected chi connectivity index (χ4v) is 6.62. The number of carboxylic acids is 1. The summed E-state index contributed by atoms with van der Waals surface area (Å²) in [5.41, 5.74) is 5.37. The molecule has 376 valence electrons. The van der Waals surface area contributed by atoms with Crippen LogP contribution >= 0.6 is 7.82 Å². The molecule has 67 heavy (non-hydrogen) atoms. The highest BCUT2D eigenvalue weighted by Gasteiger charge is 2.27. The van der Waals surface area contributed by atoms with Gasteiger partial charge in [0.15, 0.2) is 0 Å². The predicted octanol–water partition coefficient (Wildman–Crippen LogP) is 14.8. The second kappa shape index (κ2) is 49.7. The summed E-state index contributed by atoms with van der Waals surface area (Å²) >= 11 is 0. The first-order chi connectivity index (χ1) is 32.7. The molecule has 0 saturated heterocycles. The highest BCUT2D eigenvalue weighted by atomic mass is 31.2. The molecule has 0 aliphatic carbocycles. The minimum Gasteiger partial charge on any atom is -0.480 e. The number of carbonyl (C=O) groups is 2. The van der Waals surface area contributed by atoms with Crippen molar-refractivity contribution in [2.24, 2.45) is 5.73 Å². The van der Waals surface area contributed by atoms with Crippen LogP contribution in [0.2, 0.25) is 0 Å². The topological polar surface area (TPSA) is 155 Å². The smallest absolute Gasteiger partial charge is 0.472 e. The minimum atomic E-state index is -4.65. The monoisotopic (exact) mass is 950 g/mol. The molecule has 0 rings (SSSR count).